The van der Waals surface area contributed by atoms with Crippen molar-refractivity contribution in [2.75, 3.05) is 0 Å². The lowest BCUT2D eigenvalue weighted by molar-refractivity contribution is -0.149. The van der Waals surface area contributed by atoms with Gasteiger partial charge in [0.05, 0.1) is 0 Å². The Labute approximate surface area is 195 Å². The highest BCUT2D eigenvalue weighted by Gasteiger charge is 2.55. The Morgan fingerprint density at radius 2 is 1.76 bits per heavy atom. The number of hydrogen-bond donors (Lipinski definition) is 2. The zero-order valence-electron chi connectivity index (χ0n) is 19.9. The van der Waals surface area contributed by atoms with Crippen LogP contribution in [0, 0.1) is 36.0 Å². The topological polar surface area (TPSA) is 88.9 Å². The van der Waals surface area contributed by atoms with Crippen molar-refractivity contribution in [3.63, 3.8) is 0 Å². The lowest BCUT2D eigenvalue weighted by atomic mass is 9.49. The molecular formula is C26H35N5O2. The van der Waals surface area contributed by atoms with Crippen molar-refractivity contribution in [1.82, 2.24) is 25.2 Å². The first-order valence-electron chi connectivity index (χ1n) is 12.4. The maximum atomic E-state index is 13.5. The minimum absolute atomic E-state index is 0.0209. The molecule has 2 aromatic rings. The molecule has 33 heavy (non-hydrogen) atoms. The molecule has 4 fully saturated rings. The van der Waals surface area contributed by atoms with Gasteiger partial charge in [0, 0.05) is 30.6 Å². The molecule has 1 unspecified atom stereocenters. The number of nitrogens with one attached hydrogen (secondary N) is 2. The summed E-state index contributed by atoms with van der Waals surface area (Å²) in [5, 5.41) is 6.18. The van der Waals surface area contributed by atoms with E-state index < -0.39 is 6.04 Å². The Hall–Kier alpha value is -2.70. The summed E-state index contributed by atoms with van der Waals surface area (Å²) in [5.41, 5.74) is 0.674. The number of imidazole rings is 1. The van der Waals surface area contributed by atoms with E-state index in [9.17, 15) is 9.59 Å². The molecule has 2 heterocycles. The fourth-order valence-corrected chi connectivity index (χ4v) is 6.80. The van der Waals surface area contributed by atoms with E-state index in [1.807, 2.05) is 43.7 Å². The van der Waals surface area contributed by atoms with E-state index in [0.29, 0.717) is 24.3 Å². The van der Waals surface area contributed by atoms with E-state index in [1.165, 1.54) is 19.3 Å². The minimum atomic E-state index is -0.522. The molecule has 0 aromatic carbocycles. The second-order valence-electron chi connectivity index (χ2n) is 11.0. The van der Waals surface area contributed by atoms with Crippen LogP contribution in [-0.4, -0.2) is 32.4 Å². The van der Waals surface area contributed by atoms with Gasteiger partial charge in [-0.1, -0.05) is 19.9 Å². The van der Waals surface area contributed by atoms with Crippen LogP contribution in [0.3, 0.4) is 0 Å². The predicted octanol–water partition coefficient (Wildman–Crippen LogP) is 3.55. The van der Waals surface area contributed by atoms with Crippen molar-refractivity contribution in [1.29, 1.82) is 0 Å². The maximum Gasteiger partial charge on any atom is 0.243 e. The minimum Gasteiger partial charge on any atom is -0.350 e. The number of pyridine rings is 1. The standard InChI is InChI=1S/C26H35N5O2/c1-16(2)23(30-25(33)26-11-19-8-20(12-26)10-21(9-19)13-26)24(32)29-15-18-4-5-22(28-14-18)31-7-6-27-17(31)3/h4-7,14,16,19-21,23H,8-13,15H2,1-3H3,(H,29,32)(H,30,33). The van der Waals surface area contributed by atoms with E-state index in [4.69, 9.17) is 0 Å². The summed E-state index contributed by atoms with van der Waals surface area (Å²) in [6.45, 7) is 6.30. The molecule has 4 aliphatic carbocycles. The molecule has 2 N–H and O–H groups in total. The number of aromatic nitrogens is 3. The fourth-order valence-electron chi connectivity index (χ4n) is 6.80. The van der Waals surface area contributed by atoms with Gasteiger partial charge in [0.25, 0.3) is 0 Å². The number of amides is 2. The molecule has 7 nitrogen and oxygen atoms in total. The number of carbonyl (C=O) groups excluding carboxylic acids is 2. The summed E-state index contributed by atoms with van der Waals surface area (Å²) < 4.78 is 1.91. The molecule has 1 atom stereocenters. The van der Waals surface area contributed by atoms with Crippen LogP contribution in [0.2, 0.25) is 0 Å². The van der Waals surface area contributed by atoms with E-state index in [-0.39, 0.29) is 23.1 Å². The van der Waals surface area contributed by atoms with Gasteiger partial charge in [-0.25, -0.2) is 9.97 Å². The van der Waals surface area contributed by atoms with E-state index in [0.717, 1.165) is 36.5 Å². The molecule has 176 valence electrons. The zero-order chi connectivity index (χ0) is 23.2. The Balaban J connectivity index is 1.20. The molecule has 4 saturated carbocycles. The average Bonchev–Trinajstić information content (AvgIpc) is 3.20. The quantitative estimate of drug-likeness (QED) is 0.677. The van der Waals surface area contributed by atoms with Crippen molar-refractivity contribution in [3.05, 3.63) is 42.1 Å². The van der Waals surface area contributed by atoms with E-state index in [2.05, 4.69) is 20.6 Å². The van der Waals surface area contributed by atoms with Crippen molar-refractivity contribution in [2.24, 2.45) is 29.1 Å². The third kappa shape index (κ3) is 4.30. The Kier molecular flexibility index (Phi) is 5.75. The fraction of sp³-hybridized carbons (Fsp3) is 0.615. The molecule has 4 bridgehead atoms. The molecular weight excluding hydrogens is 414 g/mol. The SMILES string of the molecule is Cc1nccn1-c1ccc(CNC(=O)C(NC(=O)C23CC4CC(CC(C4)C2)C3)C(C)C)cn1. The van der Waals surface area contributed by atoms with Gasteiger partial charge in [0.15, 0.2) is 0 Å². The summed E-state index contributed by atoms with van der Waals surface area (Å²) in [4.78, 5) is 35.2. The Bertz CT molecular complexity index is 990. The number of rotatable bonds is 7. The van der Waals surface area contributed by atoms with Crippen LogP contribution in [0.25, 0.3) is 5.82 Å². The number of aryl methyl sites for hydroxylation is 1. The van der Waals surface area contributed by atoms with Crippen LogP contribution in [0.15, 0.2) is 30.7 Å². The maximum absolute atomic E-state index is 13.5. The van der Waals surface area contributed by atoms with Gasteiger partial charge in [-0.05, 0) is 80.8 Å². The molecule has 0 spiro atoms. The molecule has 2 aromatic heterocycles. The number of hydrogen-bond acceptors (Lipinski definition) is 4. The molecule has 0 radical (unpaired) electrons. The highest BCUT2D eigenvalue weighted by atomic mass is 16.2. The molecule has 6 rings (SSSR count). The predicted molar refractivity (Wildman–Crippen MR) is 125 cm³/mol. The van der Waals surface area contributed by atoms with E-state index in [1.54, 1.807) is 12.4 Å². The summed E-state index contributed by atoms with van der Waals surface area (Å²) in [6, 6.07) is 3.36. The first kappa shape index (κ1) is 22.1. The summed E-state index contributed by atoms with van der Waals surface area (Å²) in [5.74, 6) is 3.78. The van der Waals surface area contributed by atoms with Crippen molar-refractivity contribution in [2.45, 2.75) is 71.9 Å². The van der Waals surface area contributed by atoms with Crippen molar-refractivity contribution in [3.8, 4) is 5.82 Å². The lowest BCUT2D eigenvalue weighted by Crippen LogP contribution is -2.58. The van der Waals surface area contributed by atoms with Crippen molar-refractivity contribution < 1.29 is 9.59 Å². The third-order valence-electron chi connectivity index (χ3n) is 8.10. The first-order chi connectivity index (χ1) is 15.8. The number of nitrogens with zero attached hydrogens (tertiary/aromatic N) is 3. The second-order valence-corrected chi connectivity index (χ2v) is 11.0. The van der Waals surface area contributed by atoms with Gasteiger partial charge >= 0.3 is 0 Å². The number of carbonyl (C=O) groups is 2. The van der Waals surface area contributed by atoms with Crippen molar-refractivity contribution >= 4 is 11.8 Å². The van der Waals surface area contributed by atoms with Gasteiger partial charge in [-0.3, -0.25) is 14.2 Å². The zero-order valence-corrected chi connectivity index (χ0v) is 19.9. The largest absolute Gasteiger partial charge is 0.350 e. The summed E-state index contributed by atoms with van der Waals surface area (Å²) >= 11 is 0. The Morgan fingerprint density at radius 3 is 2.27 bits per heavy atom. The summed E-state index contributed by atoms with van der Waals surface area (Å²) in [6.07, 6.45) is 12.3. The average molecular weight is 450 g/mol. The lowest BCUT2D eigenvalue weighted by Gasteiger charge is -2.55. The van der Waals surface area contributed by atoms with Crippen LogP contribution < -0.4 is 10.6 Å². The molecule has 4 aliphatic rings. The van der Waals surface area contributed by atoms with Gasteiger partial charge in [0.2, 0.25) is 11.8 Å². The molecule has 7 heteroatoms. The van der Waals surface area contributed by atoms with Gasteiger partial charge in [-0.15, -0.1) is 0 Å². The van der Waals surface area contributed by atoms with Gasteiger partial charge in [-0.2, -0.15) is 0 Å². The van der Waals surface area contributed by atoms with Gasteiger partial charge in [0.1, 0.15) is 17.7 Å². The van der Waals surface area contributed by atoms with Crippen LogP contribution in [-0.2, 0) is 16.1 Å². The molecule has 0 aliphatic heterocycles. The van der Waals surface area contributed by atoms with Gasteiger partial charge < -0.3 is 10.6 Å². The summed E-state index contributed by atoms with van der Waals surface area (Å²) in [7, 11) is 0. The second kappa shape index (κ2) is 8.58. The van der Waals surface area contributed by atoms with E-state index >= 15 is 0 Å². The van der Waals surface area contributed by atoms with Crippen LogP contribution in [0.5, 0.6) is 0 Å². The van der Waals surface area contributed by atoms with Crippen LogP contribution >= 0.6 is 0 Å². The van der Waals surface area contributed by atoms with Crippen LogP contribution in [0.4, 0.5) is 0 Å². The Morgan fingerprint density at radius 1 is 1.09 bits per heavy atom. The normalized spacial score (nSPS) is 28.7. The highest BCUT2D eigenvalue weighted by Crippen LogP contribution is 2.60. The highest BCUT2D eigenvalue weighted by molar-refractivity contribution is 5.90. The molecule has 2 amide bonds. The monoisotopic (exact) mass is 449 g/mol. The van der Waals surface area contributed by atoms with Crippen LogP contribution in [0.1, 0.15) is 63.8 Å². The first-order valence-corrected chi connectivity index (χ1v) is 12.4. The smallest absolute Gasteiger partial charge is 0.243 e. The molecule has 0 saturated heterocycles. The third-order valence-corrected chi connectivity index (χ3v) is 8.10.